The molecule has 0 aromatic carbocycles. The van der Waals surface area contributed by atoms with Crippen LogP contribution in [0.2, 0.25) is 0 Å². The lowest BCUT2D eigenvalue weighted by molar-refractivity contribution is 0.0517. The SMILES string of the molecule is CCOC(=O)c1nn(C)c(C)c1C.Cc1c(C(=O)O)nn(C)c1C. The highest BCUT2D eigenvalue weighted by molar-refractivity contribution is 5.89. The van der Waals surface area contributed by atoms with Gasteiger partial charge in [-0.1, -0.05) is 0 Å². The molecule has 2 aromatic heterocycles. The Bertz CT molecular complexity index is 759. The number of hydrogen-bond donors (Lipinski definition) is 1. The molecule has 2 rings (SSSR count). The third kappa shape index (κ3) is 4.01. The van der Waals surface area contributed by atoms with Crippen molar-refractivity contribution in [1.29, 1.82) is 0 Å². The van der Waals surface area contributed by atoms with Gasteiger partial charge in [0.1, 0.15) is 0 Å². The van der Waals surface area contributed by atoms with Crippen LogP contribution in [0.5, 0.6) is 0 Å². The summed E-state index contributed by atoms with van der Waals surface area (Å²) < 4.78 is 8.11. The zero-order valence-corrected chi connectivity index (χ0v) is 15.2. The molecule has 132 valence electrons. The zero-order chi connectivity index (χ0) is 18.6. The van der Waals surface area contributed by atoms with E-state index in [1.807, 2.05) is 27.8 Å². The summed E-state index contributed by atoms with van der Waals surface area (Å²) in [6.07, 6.45) is 0. The summed E-state index contributed by atoms with van der Waals surface area (Å²) in [5.74, 6) is -1.31. The van der Waals surface area contributed by atoms with Gasteiger partial charge in [0.25, 0.3) is 0 Å². The number of ether oxygens (including phenoxy) is 1. The van der Waals surface area contributed by atoms with Crippen molar-refractivity contribution in [1.82, 2.24) is 19.6 Å². The molecule has 0 atom stereocenters. The van der Waals surface area contributed by atoms with E-state index in [-0.39, 0.29) is 11.7 Å². The van der Waals surface area contributed by atoms with Crippen LogP contribution in [-0.2, 0) is 18.8 Å². The monoisotopic (exact) mass is 336 g/mol. The molecule has 0 aliphatic rings. The number of aryl methyl sites for hydroxylation is 2. The summed E-state index contributed by atoms with van der Waals surface area (Å²) in [4.78, 5) is 21.8. The molecule has 0 unspecified atom stereocenters. The van der Waals surface area contributed by atoms with Crippen molar-refractivity contribution in [3.05, 3.63) is 33.9 Å². The number of rotatable bonds is 3. The summed E-state index contributed by atoms with van der Waals surface area (Å²) in [7, 11) is 3.54. The van der Waals surface area contributed by atoms with Gasteiger partial charge in [0.15, 0.2) is 11.4 Å². The van der Waals surface area contributed by atoms with Crippen molar-refractivity contribution in [3.63, 3.8) is 0 Å². The van der Waals surface area contributed by atoms with Crippen molar-refractivity contribution in [2.45, 2.75) is 34.6 Å². The van der Waals surface area contributed by atoms with E-state index < -0.39 is 5.97 Å². The second kappa shape index (κ2) is 7.76. The van der Waals surface area contributed by atoms with Gasteiger partial charge in [0.2, 0.25) is 0 Å². The van der Waals surface area contributed by atoms with Gasteiger partial charge in [-0.15, -0.1) is 0 Å². The van der Waals surface area contributed by atoms with Crippen molar-refractivity contribution in [2.24, 2.45) is 14.1 Å². The Labute approximate surface area is 141 Å². The quantitative estimate of drug-likeness (QED) is 0.860. The van der Waals surface area contributed by atoms with E-state index in [2.05, 4.69) is 10.2 Å². The lowest BCUT2D eigenvalue weighted by Crippen LogP contribution is -2.07. The first-order valence-electron chi connectivity index (χ1n) is 7.52. The fraction of sp³-hybridized carbons (Fsp3) is 0.500. The van der Waals surface area contributed by atoms with E-state index >= 15 is 0 Å². The third-order valence-corrected chi connectivity index (χ3v) is 3.94. The van der Waals surface area contributed by atoms with Crippen LogP contribution < -0.4 is 0 Å². The average Bonchev–Trinajstić information content (AvgIpc) is 2.93. The van der Waals surface area contributed by atoms with E-state index in [1.165, 1.54) is 0 Å². The first kappa shape index (κ1) is 19.4. The lowest BCUT2D eigenvalue weighted by Gasteiger charge is -1.97. The molecule has 0 saturated carbocycles. The third-order valence-electron chi connectivity index (χ3n) is 3.94. The van der Waals surface area contributed by atoms with Crippen molar-refractivity contribution in [3.8, 4) is 0 Å². The number of carboxylic acid groups (broad SMARTS) is 1. The highest BCUT2D eigenvalue weighted by Gasteiger charge is 2.16. The van der Waals surface area contributed by atoms with E-state index in [0.29, 0.717) is 12.3 Å². The Morgan fingerprint density at radius 1 is 0.958 bits per heavy atom. The molecular formula is C16H24N4O4. The van der Waals surface area contributed by atoms with Crippen LogP contribution in [0.15, 0.2) is 0 Å². The summed E-state index contributed by atoms with van der Waals surface area (Å²) in [5.41, 5.74) is 4.07. The number of esters is 1. The molecule has 2 aromatic rings. The molecule has 0 bridgehead atoms. The van der Waals surface area contributed by atoms with Crippen molar-refractivity contribution >= 4 is 11.9 Å². The van der Waals surface area contributed by atoms with Crippen LogP contribution in [0.1, 0.15) is 50.4 Å². The van der Waals surface area contributed by atoms with Crippen LogP contribution in [0.25, 0.3) is 0 Å². The molecule has 0 radical (unpaired) electrons. The van der Waals surface area contributed by atoms with E-state index in [4.69, 9.17) is 9.84 Å². The summed E-state index contributed by atoms with van der Waals surface area (Å²) in [5, 5.41) is 16.5. The highest BCUT2D eigenvalue weighted by Crippen LogP contribution is 2.12. The molecule has 24 heavy (non-hydrogen) atoms. The largest absolute Gasteiger partial charge is 0.476 e. The van der Waals surface area contributed by atoms with Gasteiger partial charge in [-0.25, -0.2) is 9.59 Å². The minimum Gasteiger partial charge on any atom is -0.476 e. The molecule has 0 aliphatic carbocycles. The van der Waals surface area contributed by atoms with E-state index in [9.17, 15) is 9.59 Å². The molecule has 2 heterocycles. The number of carbonyl (C=O) groups is 2. The first-order chi connectivity index (χ1) is 11.1. The van der Waals surface area contributed by atoms with E-state index in [0.717, 1.165) is 22.5 Å². The van der Waals surface area contributed by atoms with Crippen LogP contribution in [-0.4, -0.2) is 43.2 Å². The maximum absolute atomic E-state index is 11.3. The summed E-state index contributed by atoms with van der Waals surface area (Å²) in [6.45, 7) is 9.55. The van der Waals surface area contributed by atoms with Crippen molar-refractivity contribution in [2.75, 3.05) is 6.61 Å². The molecule has 1 N–H and O–H groups in total. The van der Waals surface area contributed by atoms with Crippen LogP contribution in [0, 0.1) is 27.7 Å². The molecule has 8 nitrogen and oxygen atoms in total. The maximum atomic E-state index is 11.3. The Morgan fingerprint density at radius 3 is 1.62 bits per heavy atom. The number of aromatic nitrogens is 4. The fourth-order valence-corrected chi connectivity index (χ4v) is 2.02. The van der Waals surface area contributed by atoms with Gasteiger partial charge in [-0.3, -0.25) is 9.36 Å². The predicted octanol–water partition coefficient (Wildman–Crippen LogP) is 1.95. The molecule has 0 fully saturated rings. The molecule has 0 saturated heterocycles. The molecule has 0 aliphatic heterocycles. The molecule has 0 spiro atoms. The van der Waals surface area contributed by atoms with Gasteiger partial charge in [-0.2, -0.15) is 10.2 Å². The minimum atomic E-state index is -0.966. The maximum Gasteiger partial charge on any atom is 0.359 e. The van der Waals surface area contributed by atoms with E-state index in [1.54, 1.807) is 30.3 Å². The van der Waals surface area contributed by atoms with Crippen LogP contribution in [0.4, 0.5) is 0 Å². The normalized spacial score (nSPS) is 10.1. The van der Waals surface area contributed by atoms with Gasteiger partial charge >= 0.3 is 11.9 Å². The van der Waals surface area contributed by atoms with Crippen LogP contribution in [0.3, 0.4) is 0 Å². The Hall–Kier alpha value is -2.64. The zero-order valence-electron chi connectivity index (χ0n) is 15.2. The van der Waals surface area contributed by atoms with Gasteiger partial charge in [0.05, 0.1) is 6.61 Å². The molecule has 8 heteroatoms. The number of hydrogen-bond acceptors (Lipinski definition) is 5. The Balaban J connectivity index is 0.000000243. The van der Waals surface area contributed by atoms with Crippen molar-refractivity contribution < 1.29 is 19.4 Å². The fourth-order valence-electron chi connectivity index (χ4n) is 2.02. The van der Waals surface area contributed by atoms with Gasteiger partial charge in [-0.05, 0) is 34.6 Å². The smallest absolute Gasteiger partial charge is 0.359 e. The number of carbonyl (C=O) groups excluding carboxylic acids is 1. The first-order valence-corrected chi connectivity index (χ1v) is 7.52. The Kier molecular flexibility index (Phi) is 6.27. The second-order valence-corrected chi connectivity index (χ2v) is 5.39. The standard InChI is InChI=1S/C9H14N2O2.C7H10N2O2/c1-5-13-9(12)8-6(2)7(3)11(4)10-8;1-4-5(2)9(3)8-6(4)7(10)11/h5H2,1-4H3;1-3H3,(H,10,11). The molecular weight excluding hydrogens is 312 g/mol. The number of carboxylic acids is 1. The number of aromatic carboxylic acids is 1. The minimum absolute atomic E-state index is 0.144. The summed E-state index contributed by atoms with van der Waals surface area (Å²) >= 11 is 0. The van der Waals surface area contributed by atoms with Gasteiger partial charge < -0.3 is 9.84 Å². The molecule has 0 amide bonds. The highest BCUT2D eigenvalue weighted by atomic mass is 16.5. The van der Waals surface area contributed by atoms with Crippen LogP contribution >= 0.6 is 0 Å². The lowest BCUT2D eigenvalue weighted by atomic mass is 10.2. The average molecular weight is 336 g/mol. The second-order valence-electron chi connectivity index (χ2n) is 5.39. The number of nitrogens with zero attached hydrogens (tertiary/aromatic N) is 4. The topological polar surface area (TPSA) is 99.2 Å². The van der Waals surface area contributed by atoms with Gasteiger partial charge in [0, 0.05) is 36.6 Å². The summed E-state index contributed by atoms with van der Waals surface area (Å²) in [6, 6.07) is 0. The predicted molar refractivity (Wildman–Crippen MR) is 88.3 cm³/mol. The Morgan fingerprint density at radius 2 is 1.38 bits per heavy atom.